The lowest BCUT2D eigenvalue weighted by Crippen LogP contribution is -2.46. The van der Waals surface area contributed by atoms with E-state index in [1.165, 1.54) is 32.5 Å². The first-order chi connectivity index (χ1) is 8.54. The first-order valence-electron chi connectivity index (χ1n) is 7.58. The second kappa shape index (κ2) is 7.46. The molecule has 18 heavy (non-hydrogen) atoms. The van der Waals surface area contributed by atoms with Gasteiger partial charge in [-0.3, -0.25) is 4.90 Å². The van der Waals surface area contributed by atoms with Gasteiger partial charge in [-0.25, -0.2) is 0 Å². The third kappa shape index (κ3) is 4.52. The van der Waals surface area contributed by atoms with E-state index in [0.29, 0.717) is 12.6 Å². The highest BCUT2D eigenvalue weighted by molar-refractivity contribution is 4.84. The predicted molar refractivity (Wildman–Crippen MR) is 77.9 cm³/mol. The SMILES string of the molecule is CCCC(C)(CO)CN1CCCN(C)CC1CC. The van der Waals surface area contributed by atoms with Crippen molar-refractivity contribution in [3.8, 4) is 0 Å². The van der Waals surface area contributed by atoms with Gasteiger partial charge in [-0.2, -0.15) is 0 Å². The second-order valence-electron chi connectivity index (χ2n) is 6.37. The summed E-state index contributed by atoms with van der Waals surface area (Å²) in [6.45, 7) is 11.6. The Labute approximate surface area is 113 Å². The molecule has 3 nitrogen and oxygen atoms in total. The molecular weight excluding hydrogens is 224 g/mol. The fourth-order valence-corrected chi connectivity index (χ4v) is 3.19. The summed E-state index contributed by atoms with van der Waals surface area (Å²) >= 11 is 0. The highest BCUT2D eigenvalue weighted by Crippen LogP contribution is 2.26. The lowest BCUT2D eigenvalue weighted by molar-refractivity contribution is 0.0585. The van der Waals surface area contributed by atoms with Crippen LogP contribution >= 0.6 is 0 Å². The third-order valence-electron chi connectivity index (χ3n) is 4.32. The summed E-state index contributed by atoms with van der Waals surface area (Å²) < 4.78 is 0. The van der Waals surface area contributed by atoms with Crippen LogP contribution in [0, 0.1) is 5.41 Å². The van der Waals surface area contributed by atoms with Gasteiger partial charge < -0.3 is 10.0 Å². The Balaban J connectivity index is 2.66. The maximum atomic E-state index is 9.69. The normalized spacial score (nSPS) is 26.8. The molecule has 0 amide bonds. The summed E-state index contributed by atoms with van der Waals surface area (Å²) in [5, 5.41) is 9.69. The lowest BCUT2D eigenvalue weighted by Gasteiger charge is -2.38. The Morgan fingerprint density at radius 3 is 2.56 bits per heavy atom. The second-order valence-corrected chi connectivity index (χ2v) is 6.37. The van der Waals surface area contributed by atoms with Crippen molar-refractivity contribution in [2.45, 2.75) is 52.5 Å². The summed E-state index contributed by atoms with van der Waals surface area (Å²) in [5.74, 6) is 0. The van der Waals surface area contributed by atoms with Gasteiger partial charge in [0, 0.05) is 31.2 Å². The van der Waals surface area contributed by atoms with Crippen LogP contribution in [0.1, 0.15) is 46.5 Å². The van der Waals surface area contributed by atoms with Crippen molar-refractivity contribution < 1.29 is 5.11 Å². The van der Waals surface area contributed by atoms with E-state index in [4.69, 9.17) is 0 Å². The Hall–Kier alpha value is -0.120. The smallest absolute Gasteiger partial charge is 0.0497 e. The molecule has 0 saturated carbocycles. The van der Waals surface area contributed by atoms with Crippen molar-refractivity contribution in [1.29, 1.82) is 0 Å². The first kappa shape index (κ1) is 15.9. The van der Waals surface area contributed by atoms with Gasteiger partial charge in [-0.05, 0) is 39.4 Å². The highest BCUT2D eigenvalue weighted by Gasteiger charge is 2.30. The van der Waals surface area contributed by atoms with Gasteiger partial charge in [0.25, 0.3) is 0 Å². The Kier molecular flexibility index (Phi) is 6.61. The minimum atomic E-state index is 0.0745. The number of likely N-dealkylation sites (N-methyl/N-ethyl adjacent to an activating group) is 1. The molecule has 0 aromatic carbocycles. The van der Waals surface area contributed by atoms with Crippen LogP contribution in [0.15, 0.2) is 0 Å². The number of hydrogen-bond donors (Lipinski definition) is 1. The summed E-state index contributed by atoms with van der Waals surface area (Å²) in [7, 11) is 2.23. The van der Waals surface area contributed by atoms with E-state index in [0.717, 1.165) is 19.4 Å². The Morgan fingerprint density at radius 2 is 2.00 bits per heavy atom. The van der Waals surface area contributed by atoms with Gasteiger partial charge in [-0.15, -0.1) is 0 Å². The minimum absolute atomic E-state index is 0.0745. The summed E-state index contributed by atoms with van der Waals surface area (Å²) in [6.07, 6.45) is 4.73. The Bertz CT molecular complexity index is 235. The molecule has 2 atom stereocenters. The predicted octanol–water partition coefficient (Wildman–Crippen LogP) is 2.20. The van der Waals surface area contributed by atoms with E-state index in [1.807, 2.05) is 0 Å². The minimum Gasteiger partial charge on any atom is -0.396 e. The van der Waals surface area contributed by atoms with Gasteiger partial charge in [-0.1, -0.05) is 27.2 Å². The number of rotatable bonds is 6. The maximum absolute atomic E-state index is 9.69. The standard InChI is InChI=1S/C15H32N2O/c1-5-8-15(3,13-18)12-17-10-7-9-16(4)11-14(17)6-2/h14,18H,5-13H2,1-4H3. The average molecular weight is 256 g/mol. The Morgan fingerprint density at radius 1 is 1.28 bits per heavy atom. The number of nitrogens with zero attached hydrogens (tertiary/aromatic N) is 2. The van der Waals surface area contributed by atoms with Crippen molar-refractivity contribution in [1.82, 2.24) is 9.80 Å². The van der Waals surface area contributed by atoms with Gasteiger partial charge >= 0.3 is 0 Å². The van der Waals surface area contributed by atoms with E-state index in [1.54, 1.807) is 0 Å². The molecule has 0 radical (unpaired) electrons. The largest absolute Gasteiger partial charge is 0.396 e. The average Bonchev–Trinajstić information content (AvgIpc) is 2.51. The summed E-state index contributed by atoms with van der Waals surface area (Å²) in [4.78, 5) is 5.07. The van der Waals surface area contributed by atoms with Crippen LogP contribution in [0.5, 0.6) is 0 Å². The summed E-state index contributed by atoms with van der Waals surface area (Å²) in [5.41, 5.74) is 0.0745. The lowest BCUT2D eigenvalue weighted by atomic mass is 9.85. The highest BCUT2D eigenvalue weighted by atomic mass is 16.3. The van der Waals surface area contributed by atoms with Crippen molar-refractivity contribution in [2.75, 3.05) is 39.8 Å². The maximum Gasteiger partial charge on any atom is 0.0497 e. The molecule has 1 rings (SSSR count). The molecule has 108 valence electrons. The van der Waals surface area contributed by atoms with Crippen molar-refractivity contribution >= 4 is 0 Å². The zero-order valence-electron chi connectivity index (χ0n) is 12.8. The van der Waals surface area contributed by atoms with E-state index in [-0.39, 0.29) is 5.41 Å². The van der Waals surface area contributed by atoms with Crippen LogP contribution in [0.2, 0.25) is 0 Å². The molecule has 0 spiro atoms. The molecule has 2 unspecified atom stereocenters. The molecule has 1 heterocycles. The van der Waals surface area contributed by atoms with Crippen LogP contribution in [0.3, 0.4) is 0 Å². The van der Waals surface area contributed by atoms with Gasteiger partial charge in [0.1, 0.15) is 0 Å². The molecule has 3 heteroatoms. The van der Waals surface area contributed by atoms with E-state index in [9.17, 15) is 5.11 Å². The molecule has 1 N–H and O–H groups in total. The molecule has 0 aromatic heterocycles. The molecule has 1 fully saturated rings. The van der Waals surface area contributed by atoms with Crippen LogP contribution in [-0.2, 0) is 0 Å². The van der Waals surface area contributed by atoms with Crippen LogP contribution in [0.4, 0.5) is 0 Å². The summed E-state index contributed by atoms with van der Waals surface area (Å²) in [6, 6.07) is 0.653. The van der Waals surface area contributed by atoms with Gasteiger partial charge in [0.15, 0.2) is 0 Å². The molecule has 0 bridgehead atoms. The van der Waals surface area contributed by atoms with E-state index >= 15 is 0 Å². The third-order valence-corrected chi connectivity index (χ3v) is 4.32. The van der Waals surface area contributed by atoms with Crippen molar-refractivity contribution in [3.05, 3.63) is 0 Å². The first-order valence-corrected chi connectivity index (χ1v) is 7.58. The van der Waals surface area contributed by atoms with E-state index in [2.05, 4.69) is 37.6 Å². The molecule has 1 aliphatic heterocycles. The number of aliphatic hydroxyl groups excluding tert-OH is 1. The molecule has 1 aliphatic rings. The van der Waals surface area contributed by atoms with Crippen LogP contribution in [0.25, 0.3) is 0 Å². The van der Waals surface area contributed by atoms with Gasteiger partial charge in [0.2, 0.25) is 0 Å². The van der Waals surface area contributed by atoms with Crippen LogP contribution in [-0.4, -0.2) is 60.8 Å². The quantitative estimate of drug-likeness (QED) is 0.789. The van der Waals surface area contributed by atoms with Gasteiger partial charge in [0.05, 0.1) is 0 Å². The fourth-order valence-electron chi connectivity index (χ4n) is 3.19. The molecule has 0 aliphatic carbocycles. The van der Waals surface area contributed by atoms with E-state index < -0.39 is 0 Å². The topological polar surface area (TPSA) is 26.7 Å². The number of hydrogen-bond acceptors (Lipinski definition) is 3. The monoisotopic (exact) mass is 256 g/mol. The fraction of sp³-hybridized carbons (Fsp3) is 1.00. The van der Waals surface area contributed by atoms with Crippen LogP contribution < -0.4 is 0 Å². The van der Waals surface area contributed by atoms with Crippen molar-refractivity contribution in [3.63, 3.8) is 0 Å². The zero-order chi connectivity index (χ0) is 13.6. The molecule has 1 saturated heterocycles. The zero-order valence-corrected chi connectivity index (χ0v) is 12.8. The van der Waals surface area contributed by atoms with Crippen molar-refractivity contribution in [2.24, 2.45) is 5.41 Å². The molecule has 0 aromatic rings. The number of aliphatic hydroxyl groups is 1. The molecular formula is C15H32N2O.